The Kier molecular flexibility index (Phi) is 2.21. The summed E-state index contributed by atoms with van der Waals surface area (Å²) in [5, 5.41) is 0. The Morgan fingerprint density at radius 2 is 2.07 bits per heavy atom. The molecule has 0 saturated carbocycles. The first-order valence-corrected chi connectivity index (χ1v) is 5.88. The van der Waals surface area contributed by atoms with Gasteiger partial charge in [-0.2, -0.15) is 0 Å². The van der Waals surface area contributed by atoms with Gasteiger partial charge in [-0.15, -0.1) is 0 Å². The standard InChI is InChI=1S/C11H18N2O2/c1-12-6-8-5-9(7-12)13(8)11(14)10-3-2-4-15-10/h8-10H,2-7H2,1H3. The highest BCUT2D eigenvalue weighted by Gasteiger charge is 2.48. The fraction of sp³-hybridized carbons (Fsp3) is 0.909. The minimum Gasteiger partial charge on any atom is -0.368 e. The number of ether oxygens (including phenoxy) is 1. The first-order chi connectivity index (χ1) is 7.25. The number of piperidine rings is 1. The van der Waals surface area contributed by atoms with Crippen LogP contribution < -0.4 is 0 Å². The van der Waals surface area contributed by atoms with E-state index in [1.807, 2.05) is 0 Å². The molecule has 4 aliphatic heterocycles. The molecule has 3 atom stereocenters. The maximum atomic E-state index is 12.1. The first kappa shape index (κ1) is 9.60. The predicted octanol–water partition coefficient (Wildman–Crippen LogP) is 0.0803. The van der Waals surface area contributed by atoms with Crippen molar-refractivity contribution in [3.05, 3.63) is 0 Å². The molecule has 0 radical (unpaired) electrons. The summed E-state index contributed by atoms with van der Waals surface area (Å²) in [5.74, 6) is 0.252. The summed E-state index contributed by atoms with van der Waals surface area (Å²) in [6.07, 6.45) is 3.03. The molecule has 4 aliphatic rings. The monoisotopic (exact) mass is 210 g/mol. The second kappa shape index (κ2) is 3.46. The smallest absolute Gasteiger partial charge is 0.252 e. The number of carbonyl (C=O) groups is 1. The van der Waals surface area contributed by atoms with Crippen molar-refractivity contribution in [1.82, 2.24) is 9.80 Å². The summed E-state index contributed by atoms with van der Waals surface area (Å²) >= 11 is 0. The summed E-state index contributed by atoms with van der Waals surface area (Å²) in [7, 11) is 2.13. The number of hydrogen-bond acceptors (Lipinski definition) is 3. The van der Waals surface area contributed by atoms with Gasteiger partial charge in [-0.1, -0.05) is 0 Å². The predicted molar refractivity (Wildman–Crippen MR) is 55.5 cm³/mol. The van der Waals surface area contributed by atoms with E-state index in [1.54, 1.807) is 0 Å². The summed E-state index contributed by atoms with van der Waals surface area (Å²) in [5.41, 5.74) is 0. The second-order valence-electron chi connectivity index (χ2n) is 5.01. The lowest BCUT2D eigenvalue weighted by molar-refractivity contribution is -0.162. The van der Waals surface area contributed by atoms with Crippen molar-refractivity contribution >= 4 is 5.91 Å². The van der Waals surface area contributed by atoms with E-state index in [4.69, 9.17) is 4.74 Å². The molecule has 15 heavy (non-hydrogen) atoms. The number of likely N-dealkylation sites (N-methyl/N-ethyl adjacent to an activating group) is 1. The van der Waals surface area contributed by atoms with Gasteiger partial charge in [-0.3, -0.25) is 4.79 Å². The minimum absolute atomic E-state index is 0.126. The molecule has 0 N–H and O–H groups in total. The molecule has 0 aliphatic carbocycles. The van der Waals surface area contributed by atoms with Crippen LogP contribution in [-0.4, -0.2) is 60.6 Å². The van der Waals surface area contributed by atoms with Crippen molar-refractivity contribution < 1.29 is 9.53 Å². The average molecular weight is 210 g/mol. The van der Waals surface area contributed by atoms with Crippen LogP contribution in [0.2, 0.25) is 0 Å². The van der Waals surface area contributed by atoms with Crippen molar-refractivity contribution in [3.8, 4) is 0 Å². The Labute approximate surface area is 90.2 Å². The summed E-state index contributed by atoms with van der Waals surface area (Å²) in [4.78, 5) is 16.5. The van der Waals surface area contributed by atoms with Crippen LogP contribution in [0, 0.1) is 0 Å². The van der Waals surface area contributed by atoms with E-state index in [0.29, 0.717) is 12.1 Å². The van der Waals surface area contributed by atoms with Crippen LogP contribution in [0.25, 0.3) is 0 Å². The summed E-state index contributed by atoms with van der Waals surface area (Å²) in [6, 6.07) is 0.927. The van der Waals surface area contributed by atoms with Crippen LogP contribution >= 0.6 is 0 Å². The molecule has 0 aromatic heterocycles. The summed E-state index contributed by atoms with van der Waals surface area (Å²) < 4.78 is 5.46. The van der Waals surface area contributed by atoms with Crippen LogP contribution in [0.3, 0.4) is 0 Å². The van der Waals surface area contributed by atoms with Gasteiger partial charge in [0.15, 0.2) is 0 Å². The number of hydrogen-bond donors (Lipinski definition) is 0. The molecule has 0 aromatic carbocycles. The molecule has 3 unspecified atom stereocenters. The molecule has 0 spiro atoms. The van der Waals surface area contributed by atoms with E-state index in [0.717, 1.165) is 32.5 Å². The van der Waals surface area contributed by atoms with Gasteiger partial charge < -0.3 is 14.5 Å². The second-order valence-corrected chi connectivity index (χ2v) is 5.01. The molecule has 1 amide bonds. The van der Waals surface area contributed by atoms with Gasteiger partial charge in [0.2, 0.25) is 0 Å². The Hall–Kier alpha value is -0.610. The Balaban J connectivity index is 1.66. The molecule has 4 heterocycles. The van der Waals surface area contributed by atoms with Crippen molar-refractivity contribution in [3.63, 3.8) is 0 Å². The highest BCUT2D eigenvalue weighted by Crippen LogP contribution is 2.33. The fourth-order valence-corrected chi connectivity index (χ4v) is 3.12. The number of rotatable bonds is 1. The Morgan fingerprint density at radius 3 is 2.67 bits per heavy atom. The van der Waals surface area contributed by atoms with Gasteiger partial charge in [0.25, 0.3) is 5.91 Å². The van der Waals surface area contributed by atoms with Gasteiger partial charge in [0.1, 0.15) is 6.10 Å². The van der Waals surface area contributed by atoms with Crippen molar-refractivity contribution in [2.24, 2.45) is 0 Å². The zero-order chi connectivity index (χ0) is 10.4. The Bertz CT molecular complexity index is 264. The van der Waals surface area contributed by atoms with E-state index in [9.17, 15) is 4.79 Å². The maximum Gasteiger partial charge on any atom is 0.252 e. The molecule has 4 nitrogen and oxygen atoms in total. The quantitative estimate of drug-likeness (QED) is 0.614. The largest absolute Gasteiger partial charge is 0.368 e. The van der Waals surface area contributed by atoms with E-state index >= 15 is 0 Å². The van der Waals surface area contributed by atoms with Crippen molar-refractivity contribution in [2.75, 3.05) is 26.7 Å². The van der Waals surface area contributed by atoms with Crippen LogP contribution in [-0.2, 0) is 9.53 Å². The number of amides is 1. The third-order valence-electron chi connectivity index (χ3n) is 3.84. The Morgan fingerprint density at radius 1 is 1.33 bits per heavy atom. The van der Waals surface area contributed by atoms with E-state index in [2.05, 4.69) is 16.8 Å². The van der Waals surface area contributed by atoms with Crippen LogP contribution in [0.1, 0.15) is 19.3 Å². The number of fused-ring (bicyclic) bond motifs is 2. The average Bonchev–Trinajstić information content (AvgIpc) is 2.69. The van der Waals surface area contributed by atoms with Gasteiger partial charge in [-0.05, 0) is 26.3 Å². The van der Waals surface area contributed by atoms with Crippen molar-refractivity contribution in [1.29, 1.82) is 0 Å². The van der Waals surface area contributed by atoms with Crippen molar-refractivity contribution in [2.45, 2.75) is 37.5 Å². The number of carbonyl (C=O) groups excluding carboxylic acids is 1. The lowest BCUT2D eigenvalue weighted by Crippen LogP contribution is -2.70. The van der Waals surface area contributed by atoms with Crippen LogP contribution in [0.4, 0.5) is 0 Å². The molecular formula is C11H18N2O2. The summed E-state index contributed by atoms with van der Waals surface area (Å²) in [6.45, 7) is 2.84. The zero-order valence-corrected chi connectivity index (χ0v) is 9.19. The van der Waals surface area contributed by atoms with Crippen LogP contribution in [0.5, 0.6) is 0 Å². The third kappa shape index (κ3) is 1.47. The zero-order valence-electron chi connectivity index (χ0n) is 9.19. The minimum atomic E-state index is -0.126. The highest BCUT2D eigenvalue weighted by atomic mass is 16.5. The molecule has 2 bridgehead atoms. The first-order valence-electron chi connectivity index (χ1n) is 5.88. The maximum absolute atomic E-state index is 12.1. The lowest BCUT2D eigenvalue weighted by atomic mass is 9.87. The molecule has 0 aromatic rings. The molecule has 4 heteroatoms. The topological polar surface area (TPSA) is 32.8 Å². The molecule has 4 rings (SSSR count). The molecule has 4 fully saturated rings. The lowest BCUT2D eigenvalue weighted by Gasteiger charge is -2.56. The van der Waals surface area contributed by atoms with E-state index < -0.39 is 0 Å². The normalized spacial score (nSPS) is 40.3. The fourth-order valence-electron chi connectivity index (χ4n) is 3.12. The number of nitrogens with zero attached hydrogens (tertiary/aromatic N) is 2. The van der Waals surface area contributed by atoms with Crippen LogP contribution in [0.15, 0.2) is 0 Å². The van der Waals surface area contributed by atoms with E-state index in [-0.39, 0.29) is 12.0 Å². The SMILES string of the molecule is CN1CC2CC(C1)N2C(=O)C1CCCO1. The van der Waals surface area contributed by atoms with Gasteiger partial charge in [0.05, 0.1) is 0 Å². The van der Waals surface area contributed by atoms with Gasteiger partial charge in [0, 0.05) is 31.8 Å². The molecule has 84 valence electrons. The van der Waals surface area contributed by atoms with Gasteiger partial charge >= 0.3 is 0 Å². The third-order valence-corrected chi connectivity index (χ3v) is 3.84. The molecule has 4 saturated heterocycles. The van der Waals surface area contributed by atoms with E-state index in [1.165, 1.54) is 6.42 Å². The number of piperazine rings is 1. The highest BCUT2D eigenvalue weighted by molar-refractivity contribution is 5.82. The van der Waals surface area contributed by atoms with Gasteiger partial charge in [-0.25, -0.2) is 0 Å². The molecular weight excluding hydrogens is 192 g/mol.